The zero-order chi connectivity index (χ0) is 25.7. The van der Waals surface area contributed by atoms with Gasteiger partial charge in [0.25, 0.3) is 0 Å². The van der Waals surface area contributed by atoms with Gasteiger partial charge in [0.1, 0.15) is 23.5 Å². The summed E-state index contributed by atoms with van der Waals surface area (Å²) in [6, 6.07) is 14.2. The number of nitrogens with one attached hydrogen (secondary N) is 3. The van der Waals surface area contributed by atoms with E-state index >= 15 is 0 Å². The quantitative estimate of drug-likeness (QED) is 0.311. The molecule has 36 heavy (non-hydrogen) atoms. The van der Waals surface area contributed by atoms with Gasteiger partial charge in [-0.1, -0.05) is 6.07 Å². The number of hydrogen-bond acceptors (Lipinski definition) is 8. The van der Waals surface area contributed by atoms with Gasteiger partial charge in [-0.25, -0.2) is 19.1 Å². The number of H-pyrrole nitrogens is 1. The van der Waals surface area contributed by atoms with Crippen LogP contribution in [0.25, 0.3) is 16.9 Å². The number of amides is 1. The topological polar surface area (TPSA) is 132 Å². The number of carbonyl (C=O) groups excluding carboxylic acids is 1. The van der Waals surface area contributed by atoms with E-state index in [9.17, 15) is 9.59 Å². The van der Waals surface area contributed by atoms with E-state index in [1.54, 1.807) is 52.1 Å². The highest BCUT2D eigenvalue weighted by Crippen LogP contribution is 2.21. The van der Waals surface area contributed by atoms with Gasteiger partial charge in [0.2, 0.25) is 5.95 Å². The molecule has 0 spiro atoms. The molecule has 0 bridgehead atoms. The van der Waals surface area contributed by atoms with Gasteiger partial charge in [-0.2, -0.15) is 4.98 Å². The van der Waals surface area contributed by atoms with Crippen molar-refractivity contribution in [2.45, 2.75) is 26.4 Å². The molecule has 0 saturated heterocycles. The molecule has 0 saturated carbocycles. The van der Waals surface area contributed by atoms with Gasteiger partial charge < -0.3 is 24.5 Å². The number of ether oxygens (including phenoxy) is 3. The number of fused-ring (bicyclic) bond motifs is 1. The molecule has 0 unspecified atom stereocenters. The van der Waals surface area contributed by atoms with E-state index in [-0.39, 0.29) is 5.69 Å². The Kier molecular flexibility index (Phi) is 7.20. The van der Waals surface area contributed by atoms with Crippen LogP contribution in [-0.4, -0.2) is 51.5 Å². The first-order valence-corrected chi connectivity index (χ1v) is 11.3. The second-order valence-corrected chi connectivity index (χ2v) is 8.86. The van der Waals surface area contributed by atoms with Gasteiger partial charge in [-0.15, -0.1) is 0 Å². The number of benzene rings is 2. The predicted molar refractivity (Wildman–Crippen MR) is 136 cm³/mol. The Morgan fingerprint density at radius 3 is 2.58 bits per heavy atom. The molecule has 0 fully saturated rings. The number of imidazole rings is 1. The molecule has 188 valence electrons. The lowest BCUT2D eigenvalue weighted by Crippen LogP contribution is -2.27. The third-order valence-corrected chi connectivity index (χ3v) is 4.84. The Morgan fingerprint density at radius 2 is 1.86 bits per heavy atom. The smallest absolute Gasteiger partial charge is 0.412 e. The number of nitrogens with zero attached hydrogens (tertiary/aromatic N) is 3. The van der Waals surface area contributed by atoms with Gasteiger partial charge in [-0.05, 0) is 63.2 Å². The number of anilines is 3. The Balaban J connectivity index is 1.56. The molecule has 0 aliphatic carbocycles. The van der Waals surface area contributed by atoms with Crippen molar-refractivity contribution in [3.63, 3.8) is 0 Å². The Labute approximate surface area is 207 Å². The summed E-state index contributed by atoms with van der Waals surface area (Å²) in [6.45, 7) is 6.32. The van der Waals surface area contributed by atoms with Crippen molar-refractivity contribution in [2.75, 3.05) is 31.0 Å². The minimum absolute atomic E-state index is 0.311. The van der Waals surface area contributed by atoms with E-state index in [4.69, 9.17) is 14.2 Å². The van der Waals surface area contributed by atoms with Crippen molar-refractivity contribution in [3.8, 4) is 11.4 Å². The van der Waals surface area contributed by atoms with Gasteiger partial charge in [0.05, 0.1) is 18.5 Å². The number of methoxy groups -OCH3 is 1. The Bertz CT molecular complexity index is 1410. The van der Waals surface area contributed by atoms with Crippen LogP contribution in [0.2, 0.25) is 0 Å². The average molecular weight is 493 g/mol. The highest BCUT2D eigenvalue weighted by atomic mass is 16.6. The Morgan fingerprint density at radius 1 is 1.08 bits per heavy atom. The first-order chi connectivity index (χ1) is 17.2. The monoisotopic (exact) mass is 492 g/mol. The van der Waals surface area contributed by atoms with E-state index in [1.807, 2.05) is 24.3 Å². The minimum atomic E-state index is -0.632. The summed E-state index contributed by atoms with van der Waals surface area (Å²) in [6.07, 6.45) is 0.947. The van der Waals surface area contributed by atoms with Crippen LogP contribution in [0.15, 0.2) is 59.5 Å². The summed E-state index contributed by atoms with van der Waals surface area (Å²) >= 11 is 0. The summed E-state index contributed by atoms with van der Waals surface area (Å²) in [7, 11) is 1.62. The largest absolute Gasteiger partial charge is 0.491 e. The number of aromatic nitrogens is 4. The van der Waals surface area contributed by atoms with Crippen molar-refractivity contribution in [1.29, 1.82) is 0 Å². The highest BCUT2D eigenvalue weighted by molar-refractivity contribution is 5.85. The van der Waals surface area contributed by atoms with Crippen LogP contribution in [-0.2, 0) is 9.47 Å². The zero-order valence-corrected chi connectivity index (χ0v) is 20.5. The second-order valence-electron chi connectivity index (χ2n) is 8.86. The maximum absolute atomic E-state index is 12.8. The molecule has 4 aromatic rings. The molecule has 0 aliphatic heterocycles. The molecule has 4 rings (SSSR count). The third-order valence-electron chi connectivity index (χ3n) is 4.84. The first-order valence-electron chi connectivity index (χ1n) is 11.3. The van der Waals surface area contributed by atoms with Crippen molar-refractivity contribution in [2.24, 2.45) is 0 Å². The molecule has 2 aromatic heterocycles. The number of hydrogen-bond donors (Lipinski definition) is 3. The van der Waals surface area contributed by atoms with Gasteiger partial charge in [0.15, 0.2) is 5.65 Å². The molecule has 3 N–H and O–H groups in total. The van der Waals surface area contributed by atoms with E-state index in [0.717, 1.165) is 5.69 Å². The van der Waals surface area contributed by atoms with Crippen LogP contribution in [0, 0.1) is 0 Å². The fourth-order valence-electron chi connectivity index (χ4n) is 3.35. The predicted octanol–water partition coefficient (Wildman–Crippen LogP) is 4.22. The van der Waals surface area contributed by atoms with E-state index in [1.165, 1.54) is 10.8 Å². The third kappa shape index (κ3) is 6.19. The average Bonchev–Trinajstić information content (AvgIpc) is 3.14. The van der Waals surface area contributed by atoms with E-state index in [0.29, 0.717) is 47.5 Å². The molecular formula is C25H28N6O5. The molecule has 0 atom stereocenters. The lowest BCUT2D eigenvalue weighted by molar-refractivity contribution is 0.0636. The molecule has 11 heteroatoms. The molecule has 2 aromatic carbocycles. The van der Waals surface area contributed by atoms with Crippen molar-refractivity contribution in [3.05, 3.63) is 65.2 Å². The van der Waals surface area contributed by atoms with Crippen LogP contribution in [0.1, 0.15) is 20.8 Å². The summed E-state index contributed by atoms with van der Waals surface area (Å²) in [4.78, 5) is 36.5. The zero-order valence-electron chi connectivity index (χ0n) is 20.5. The maximum atomic E-state index is 12.8. The molecule has 0 aliphatic rings. The minimum Gasteiger partial charge on any atom is -0.491 e. The summed E-state index contributed by atoms with van der Waals surface area (Å²) in [5.41, 5.74) is 1.58. The lowest BCUT2D eigenvalue weighted by atomic mass is 10.2. The molecular weight excluding hydrogens is 464 g/mol. The molecule has 1 amide bonds. The first kappa shape index (κ1) is 24.7. The number of aromatic amines is 1. The van der Waals surface area contributed by atoms with Crippen LogP contribution >= 0.6 is 0 Å². The highest BCUT2D eigenvalue weighted by Gasteiger charge is 2.17. The Hall–Kier alpha value is -4.38. The van der Waals surface area contributed by atoms with Crippen molar-refractivity contribution >= 4 is 34.6 Å². The second kappa shape index (κ2) is 10.5. The fraction of sp³-hybridized carbons (Fsp3) is 0.280. The number of rotatable bonds is 8. The van der Waals surface area contributed by atoms with Gasteiger partial charge in [0, 0.05) is 18.5 Å². The van der Waals surface area contributed by atoms with Crippen LogP contribution in [0.5, 0.6) is 5.75 Å². The molecule has 2 heterocycles. The van der Waals surface area contributed by atoms with Crippen LogP contribution in [0.4, 0.5) is 22.1 Å². The van der Waals surface area contributed by atoms with Gasteiger partial charge >= 0.3 is 11.8 Å². The standard InChI is InChI=1S/C25H28N6O5/c1-25(2,3)36-24(33)28-17-6-5-7-18(14-17)31-21-20(29-23(31)32)15-26-22(30-21)27-16-8-10-19(11-9-16)35-13-12-34-4/h5-11,14-15H,12-13H2,1-4H3,(H,28,33)(H,29,32)(H,26,27,30). The number of carbonyl (C=O) groups is 1. The van der Waals surface area contributed by atoms with Crippen molar-refractivity contribution in [1.82, 2.24) is 19.5 Å². The summed E-state index contributed by atoms with van der Waals surface area (Å²) in [5.74, 6) is 1.03. The SMILES string of the molecule is COCCOc1ccc(Nc2ncc3[nH]c(=O)n(-c4cccc(NC(=O)OC(C)(C)C)c4)c3n2)cc1. The van der Waals surface area contributed by atoms with Crippen LogP contribution in [0.3, 0.4) is 0 Å². The van der Waals surface area contributed by atoms with Crippen LogP contribution < -0.4 is 21.1 Å². The molecule has 11 nitrogen and oxygen atoms in total. The lowest BCUT2D eigenvalue weighted by Gasteiger charge is -2.19. The van der Waals surface area contributed by atoms with Crippen molar-refractivity contribution < 1.29 is 19.0 Å². The fourth-order valence-corrected chi connectivity index (χ4v) is 3.35. The van der Waals surface area contributed by atoms with Gasteiger partial charge in [-0.3, -0.25) is 5.32 Å². The maximum Gasteiger partial charge on any atom is 0.412 e. The summed E-state index contributed by atoms with van der Waals surface area (Å²) in [5, 5.41) is 5.82. The van der Waals surface area contributed by atoms with E-state index < -0.39 is 11.7 Å². The van der Waals surface area contributed by atoms with E-state index in [2.05, 4.69) is 25.6 Å². The normalized spacial score (nSPS) is 11.3. The molecule has 0 radical (unpaired) electrons. The summed E-state index contributed by atoms with van der Waals surface area (Å²) < 4.78 is 17.3.